The van der Waals surface area contributed by atoms with Crippen LogP contribution in [-0.4, -0.2) is 68.4 Å². The Labute approximate surface area is 245 Å². The Kier molecular flexibility index (Phi) is 10.6. The van der Waals surface area contributed by atoms with E-state index in [2.05, 4.69) is 20.8 Å². The van der Waals surface area contributed by atoms with Crippen LogP contribution in [0.5, 0.6) is 0 Å². The van der Waals surface area contributed by atoms with Gasteiger partial charge in [0.05, 0.1) is 0 Å². The molecule has 11 nitrogen and oxygen atoms in total. The Hall–Kier alpha value is -3.41. The van der Waals surface area contributed by atoms with Gasteiger partial charge in [-0.3, -0.25) is 19.7 Å². The van der Waals surface area contributed by atoms with E-state index in [-0.39, 0.29) is 43.0 Å². The Morgan fingerprint density at radius 3 is 2.24 bits per heavy atom. The first-order chi connectivity index (χ1) is 19.2. The maximum absolute atomic E-state index is 13.8. The summed E-state index contributed by atoms with van der Waals surface area (Å²) in [7, 11) is 0. The van der Waals surface area contributed by atoms with E-state index in [1.807, 2.05) is 27.7 Å². The first-order valence-corrected chi connectivity index (χ1v) is 14.8. The molecule has 1 aliphatic heterocycles. The number of imide groups is 1. The van der Waals surface area contributed by atoms with Crippen LogP contribution in [0.4, 0.5) is 4.79 Å². The van der Waals surface area contributed by atoms with E-state index in [1.54, 1.807) is 51.1 Å². The van der Waals surface area contributed by atoms with Crippen LogP contribution in [0.25, 0.3) is 0 Å². The maximum atomic E-state index is 13.8. The van der Waals surface area contributed by atoms with Crippen LogP contribution in [0.1, 0.15) is 89.9 Å². The first-order valence-electron chi connectivity index (χ1n) is 13.9. The number of thioether (sulfide) groups is 1. The van der Waals surface area contributed by atoms with Gasteiger partial charge in [0, 0.05) is 23.9 Å². The molecule has 4 amide bonds. The van der Waals surface area contributed by atoms with E-state index in [0.29, 0.717) is 17.2 Å². The van der Waals surface area contributed by atoms with Crippen molar-refractivity contribution in [3.05, 3.63) is 41.8 Å². The second kappa shape index (κ2) is 13.5. The molecule has 0 aliphatic carbocycles. The smallest absolute Gasteiger partial charge is 0.410 e. The molecule has 1 atom stereocenters. The molecule has 0 spiro atoms. The molecule has 2 heterocycles. The molecule has 3 rings (SSSR count). The second-order valence-electron chi connectivity index (χ2n) is 11.9. The van der Waals surface area contributed by atoms with Gasteiger partial charge in [0.1, 0.15) is 17.1 Å². The van der Waals surface area contributed by atoms with Crippen molar-refractivity contribution in [3.8, 4) is 0 Å². The number of amides is 4. The zero-order valence-electron chi connectivity index (χ0n) is 24.9. The highest BCUT2D eigenvalue weighted by Crippen LogP contribution is 2.29. The largest absolute Gasteiger partial charge is 0.444 e. The molecule has 0 radical (unpaired) electrons. The number of hydrogen-bond donors (Lipinski definition) is 2. The quantitative estimate of drug-likeness (QED) is 0.404. The van der Waals surface area contributed by atoms with Gasteiger partial charge < -0.3 is 19.4 Å². The van der Waals surface area contributed by atoms with Gasteiger partial charge in [-0.2, -0.15) is 0 Å². The number of carbonyl (C=O) groups excluding carboxylic acids is 4. The van der Waals surface area contributed by atoms with Crippen LogP contribution in [-0.2, 0) is 14.3 Å². The molecule has 1 aromatic carbocycles. The number of ether oxygens (including phenoxy) is 1. The van der Waals surface area contributed by atoms with Gasteiger partial charge >= 0.3 is 6.09 Å². The van der Waals surface area contributed by atoms with E-state index < -0.39 is 40.9 Å². The molecule has 0 unspecified atom stereocenters. The topological polar surface area (TPSA) is 144 Å². The Bertz CT molecular complexity index is 1220. The van der Waals surface area contributed by atoms with E-state index in [0.717, 1.165) is 0 Å². The van der Waals surface area contributed by atoms with Crippen molar-refractivity contribution >= 4 is 35.6 Å². The second-order valence-corrected chi connectivity index (χ2v) is 13.5. The summed E-state index contributed by atoms with van der Waals surface area (Å²) in [5.41, 5.74) is -1.74. The maximum Gasteiger partial charge on any atom is 0.410 e. The molecule has 224 valence electrons. The van der Waals surface area contributed by atoms with Crippen LogP contribution in [0.15, 0.2) is 40.0 Å². The van der Waals surface area contributed by atoms with Crippen molar-refractivity contribution in [2.45, 2.75) is 95.3 Å². The van der Waals surface area contributed by atoms with E-state index in [1.165, 1.54) is 16.7 Å². The van der Waals surface area contributed by atoms with Gasteiger partial charge in [-0.15, -0.1) is 10.2 Å². The summed E-state index contributed by atoms with van der Waals surface area (Å²) in [5.74, 6) is -2.31. The van der Waals surface area contributed by atoms with Crippen LogP contribution >= 0.6 is 11.8 Å². The lowest BCUT2D eigenvalue weighted by Gasteiger charge is -2.41. The molecule has 12 heteroatoms. The summed E-state index contributed by atoms with van der Waals surface area (Å²) in [6.45, 7) is 13.5. The standard InChI is InChI=1S/C29H41N5O6S/c1-18(2)17-21(24-32-33-26(39-24)41-19(3)4)23(36)30-25(37)29(31-22(35)20-11-9-8-10-12-20)13-15-34(16-14-29)27(38)40-28(5,6)7/h8-12,18-19,21H,13-17H2,1-7H3,(H,31,35)(H,30,36,37)/t21-/m1/s1. The lowest BCUT2D eigenvalue weighted by atomic mass is 9.85. The number of piperidine rings is 1. The van der Waals surface area contributed by atoms with Gasteiger partial charge in [0.2, 0.25) is 11.8 Å². The Morgan fingerprint density at radius 2 is 1.68 bits per heavy atom. The fraction of sp³-hybridized carbons (Fsp3) is 0.586. The van der Waals surface area contributed by atoms with E-state index in [9.17, 15) is 19.2 Å². The fourth-order valence-electron chi connectivity index (χ4n) is 4.41. The molecular weight excluding hydrogens is 546 g/mol. The molecule has 0 saturated carbocycles. The van der Waals surface area contributed by atoms with Crippen LogP contribution in [0.2, 0.25) is 0 Å². The summed E-state index contributed by atoms with van der Waals surface area (Å²) in [6, 6.07) is 8.52. The SMILES string of the molecule is CC(C)C[C@H](C(=O)NC(=O)C1(NC(=O)c2ccccc2)CCN(C(=O)OC(C)(C)C)CC1)c1nnc(SC(C)C)o1. The van der Waals surface area contributed by atoms with Gasteiger partial charge in [0.25, 0.3) is 17.0 Å². The molecule has 1 aromatic heterocycles. The normalized spacial score (nSPS) is 15.9. The minimum Gasteiger partial charge on any atom is -0.444 e. The van der Waals surface area contributed by atoms with Crippen molar-refractivity contribution in [3.63, 3.8) is 0 Å². The third-order valence-electron chi connectivity index (χ3n) is 6.41. The summed E-state index contributed by atoms with van der Waals surface area (Å²) < 4.78 is 11.3. The molecule has 1 aliphatic rings. The number of nitrogens with zero attached hydrogens (tertiary/aromatic N) is 3. The lowest BCUT2D eigenvalue weighted by molar-refractivity contribution is -0.136. The minimum absolute atomic E-state index is 0.0918. The number of likely N-dealkylation sites (tertiary alicyclic amines) is 1. The number of nitrogens with one attached hydrogen (secondary N) is 2. The number of hydrogen-bond acceptors (Lipinski definition) is 9. The average Bonchev–Trinajstić information content (AvgIpc) is 3.34. The van der Waals surface area contributed by atoms with E-state index in [4.69, 9.17) is 9.15 Å². The van der Waals surface area contributed by atoms with Crippen molar-refractivity contribution < 1.29 is 28.3 Å². The monoisotopic (exact) mass is 587 g/mol. The molecule has 1 fully saturated rings. The van der Waals surface area contributed by atoms with Crippen LogP contribution < -0.4 is 10.6 Å². The minimum atomic E-state index is -1.43. The first kappa shape index (κ1) is 32.1. The van der Waals surface area contributed by atoms with Gasteiger partial charge in [-0.25, -0.2) is 4.79 Å². The fourth-order valence-corrected chi connectivity index (χ4v) is 5.03. The number of benzene rings is 1. The summed E-state index contributed by atoms with van der Waals surface area (Å²) in [6.07, 6.45) is 0.0618. The number of rotatable bonds is 9. The summed E-state index contributed by atoms with van der Waals surface area (Å²) in [4.78, 5) is 54.7. The average molecular weight is 588 g/mol. The highest BCUT2D eigenvalue weighted by Gasteiger charge is 2.45. The molecule has 41 heavy (non-hydrogen) atoms. The third kappa shape index (κ3) is 9.04. The summed E-state index contributed by atoms with van der Waals surface area (Å²) in [5, 5.41) is 14.1. The van der Waals surface area contributed by atoms with Gasteiger partial charge in [0.15, 0.2) is 0 Å². The predicted octanol–water partition coefficient (Wildman–Crippen LogP) is 4.54. The highest BCUT2D eigenvalue weighted by atomic mass is 32.2. The Balaban J connectivity index is 1.83. The molecular formula is C29H41N5O6S. The number of carbonyl (C=O) groups is 4. The lowest BCUT2D eigenvalue weighted by Crippen LogP contribution is -2.64. The van der Waals surface area contributed by atoms with Gasteiger partial charge in [-0.05, 0) is 58.1 Å². The molecule has 0 bridgehead atoms. The zero-order valence-corrected chi connectivity index (χ0v) is 25.7. The molecule has 2 N–H and O–H groups in total. The predicted molar refractivity (Wildman–Crippen MR) is 154 cm³/mol. The molecule has 1 saturated heterocycles. The highest BCUT2D eigenvalue weighted by molar-refractivity contribution is 7.99. The van der Waals surface area contributed by atoms with Crippen molar-refractivity contribution in [2.75, 3.05) is 13.1 Å². The van der Waals surface area contributed by atoms with Gasteiger partial charge in [-0.1, -0.05) is 57.7 Å². The number of aromatic nitrogens is 2. The van der Waals surface area contributed by atoms with Crippen molar-refractivity contribution in [1.82, 2.24) is 25.7 Å². The third-order valence-corrected chi connectivity index (χ3v) is 7.25. The zero-order chi connectivity index (χ0) is 30.4. The van der Waals surface area contributed by atoms with Crippen molar-refractivity contribution in [1.29, 1.82) is 0 Å². The Morgan fingerprint density at radius 1 is 1.05 bits per heavy atom. The molecule has 2 aromatic rings. The van der Waals surface area contributed by atoms with Crippen LogP contribution in [0, 0.1) is 5.92 Å². The van der Waals surface area contributed by atoms with Crippen molar-refractivity contribution in [2.24, 2.45) is 5.92 Å². The summed E-state index contributed by atoms with van der Waals surface area (Å²) >= 11 is 1.38. The van der Waals surface area contributed by atoms with Crippen LogP contribution in [0.3, 0.4) is 0 Å². The van der Waals surface area contributed by atoms with E-state index >= 15 is 0 Å².